The average Bonchev–Trinajstić information content (AvgIpc) is 2.77. The van der Waals surface area contributed by atoms with E-state index in [4.69, 9.17) is 25.8 Å². The molecule has 0 radical (unpaired) electrons. The number of amides is 4. The first-order valence-corrected chi connectivity index (χ1v) is 11.3. The van der Waals surface area contributed by atoms with Crippen LogP contribution in [0.1, 0.15) is 19.4 Å². The zero-order chi connectivity index (χ0) is 24.8. The van der Waals surface area contributed by atoms with Gasteiger partial charge in [-0.2, -0.15) is 0 Å². The number of nitrogens with zero attached hydrogens (tertiary/aromatic N) is 1. The standard InChI is InChI=1S/C23H20BrClN2O7/c1-3-32-18-11-13(10-17(25)20(18)34-12-19(28)33-4-2)9-16-21(29)26-23(31)27(22(16)30)15-7-5-14(24)6-8-15/h5-11H,3-4,12H2,1-2H3,(H,26,29,31)/b16-9+. The molecule has 1 N–H and O–H groups in total. The molecule has 34 heavy (non-hydrogen) atoms. The zero-order valence-electron chi connectivity index (χ0n) is 18.2. The molecule has 4 amide bonds. The minimum Gasteiger partial charge on any atom is -0.490 e. The minimum absolute atomic E-state index is 0.0895. The normalized spacial score (nSPS) is 14.8. The average molecular weight is 552 g/mol. The van der Waals surface area contributed by atoms with Crippen molar-refractivity contribution in [1.82, 2.24) is 5.32 Å². The number of carbonyl (C=O) groups is 4. The Morgan fingerprint density at radius 3 is 2.44 bits per heavy atom. The molecule has 0 unspecified atom stereocenters. The third-order valence-electron chi connectivity index (χ3n) is 4.47. The predicted molar refractivity (Wildman–Crippen MR) is 128 cm³/mol. The van der Waals surface area contributed by atoms with Crippen LogP contribution in [0.3, 0.4) is 0 Å². The maximum atomic E-state index is 13.1. The van der Waals surface area contributed by atoms with Crippen molar-refractivity contribution in [1.29, 1.82) is 0 Å². The highest BCUT2D eigenvalue weighted by atomic mass is 79.9. The van der Waals surface area contributed by atoms with Crippen molar-refractivity contribution in [2.75, 3.05) is 24.7 Å². The number of ether oxygens (including phenoxy) is 3. The van der Waals surface area contributed by atoms with Crippen LogP contribution >= 0.6 is 27.5 Å². The molecule has 0 bridgehead atoms. The molecule has 3 rings (SSSR count). The Morgan fingerprint density at radius 2 is 1.79 bits per heavy atom. The van der Waals surface area contributed by atoms with Gasteiger partial charge in [0.2, 0.25) is 0 Å². The van der Waals surface area contributed by atoms with Crippen LogP contribution in [-0.4, -0.2) is 43.6 Å². The molecule has 1 aliphatic heterocycles. The first-order valence-electron chi connectivity index (χ1n) is 10.2. The second-order valence-corrected chi connectivity index (χ2v) is 8.11. The van der Waals surface area contributed by atoms with Crippen LogP contribution in [0.15, 0.2) is 46.4 Å². The Kier molecular flexibility index (Phi) is 8.30. The fourth-order valence-electron chi connectivity index (χ4n) is 3.06. The SMILES string of the molecule is CCOC(=O)COc1c(Cl)cc(/C=C2\C(=O)NC(=O)N(c3ccc(Br)cc3)C2=O)cc1OCC. The van der Waals surface area contributed by atoms with Gasteiger partial charge in [0.25, 0.3) is 11.8 Å². The van der Waals surface area contributed by atoms with E-state index in [2.05, 4.69) is 21.2 Å². The van der Waals surface area contributed by atoms with Gasteiger partial charge in [-0.15, -0.1) is 0 Å². The summed E-state index contributed by atoms with van der Waals surface area (Å²) in [5.41, 5.74) is 0.363. The molecule has 11 heteroatoms. The van der Waals surface area contributed by atoms with Gasteiger partial charge in [0, 0.05) is 4.47 Å². The Balaban J connectivity index is 1.95. The van der Waals surface area contributed by atoms with E-state index in [1.54, 1.807) is 38.1 Å². The van der Waals surface area contributed by atoms with E-state index in [1.807, 2.05) is 0 Å². The number of nitrogens with one attached hydrogen (secondary N) is 1. The number of anilines is 1. The summed E-state index contributed by atoms with van der Waals surface area (Å²) in [4.78, 5) is 50.4. The molecule has 0 spiro atoms. The lowest BCUT2D eigenvalue weighted by Gasteiger charge is -2.26. The molecular formula is C23H20BrClN2O7. The van der Waals surface area contributed by atoms with E-state index < -0.39 is 23.8 Å². The molecular weight excluding hydrogens is 532 g/mol. The highest BCUT2D eigenvalue weighted by Crippen LogP contribution is 2.37. The van der Waals surface area contributed by atoms with Crippen molar-refractivity contribution in [2.24, 2.45) is 0 Å². The highest BCUT2D eigenvalue weighted by molar-refractivity contribution is 9.10. The predicted octanol–water partition coefficient (Wildman–Crippen LogP) is 4.11. The zero-order valence-corrected chi connectivity index (χ0v) is 20.6. The molecule has 1 aliphatic rings. The molecule has 2 aromatic carbocycles. The molecule has 0 saturated carbocycles. The molecule has 9 nitrogen and oxygen atoms in total. The van der Waals surface area contributed by atoms with Crippen molar-refractivity contribution in [2.45, 2.75) is 13.8 Å². The minimum atomic E-state index is -0.856. The topological polar surface area (TPSA) is 111 Å². The van der Waals surface area contributed by atoms with Crippen molar-refractivity contribution in [3.05, 3.63) is 57.0 Å². The number of barbiturate groups is 1. The lowest BCUT2D eigenvalue weighted by atomic mass is 10.1. The number of imide groups is 2. The van der Waals surface area contributed by atoms with Gasteiger partial charge in [0.1, 0.15) is 5.57 Å². The summed E-state index contributed by atoms with van der Waals surface area (Å²) >= 11 is 9.64. The van der Waals surface area contributed by atoms with Crippen molar-refractivity contribution < 1.29 is 33.4 Å². The van der Waals surface area contributed by atoms with Gasteiger partial charge < -0.3 is 14.2 Å². The quantitative estimate of drug-likeness (QED) is 0.299. The summed E-state index contributed by atoms with van der Waals surface area (Å²) in [6.07, 6.45) is 1.29. The number of hydrogen-bond donors (Lipinski definition) is 1. The van der Waals surface area contributed by atoms with Crippen molar-refractivity contribution in [3.63, 3.8) is 0 Å². The Hall–Kier alpha value is -3.37. The fourth-order valence-corrected chi connectivity index (χ4v) is 3.59. The smallest absolute Gasteiger partial charge is 0.344 e. The Bertz CT molecular complexity index is 1160. The Labute approximate surface area is 208 Å². The third kappa shape index (κ3) is 5.75. The number of carbonyl (C=O) groups excluding carboxylic acids is 4. The van der Waals surface area contributed by atoms with E-state index >= 15 is 0 Å². The van der Waals surface area contributed by atoms with Gasteiger partial charge in [0.15, 0.2) is 18.1 Å². The molecule has 1 fully saturated rings. The van der Waals surface area contributed by atoms with E-state index in [9.17, 15) is 19.2 Å². The van der Waals surface area contributed by atoms with Crippen LogP contribution in [0.2, 0.25) is 5.02 Å². The van der Waals surface area contributed by atoms with Crippen LogP contribution in [0.25, 0.3) is 6.08 Å². The largest absolute Gasteiger partial charge is 0.490 e. The summed E-state index contributed by atoms with van der Waals surface area (Å²) in [6, 6.07) is 8.55. The molecule has 178 valence electrons. The van der Waals surface area contributed by atoms with Crippen molar-refractivity contribution in [3.8, 4) is 11.5 Å². The first-order chi connectivity index (χ1) is 16.2. The van der Waals surface area contributed by atoms with Gasteiger partial charge in [-0.1, -0.05) is 27.5 Å². The Morgan fingerprint density at radius 1 is 1.09 bits per heavy atom. The number of esters is 1. The van der Waals surface area contributed by atoms with Crippen LogP contribution in [0, 0.1) is 0 Å². The number of urea groups is 1. The van der Waals surface area contributed by atoms with Crippen molar-refractivity contribution >= 4 is 63.1 Å². The molecule has 0 aromatic heterocycles. The van der Waals surface area contributed by atoms with Gasteiger partial charge in [-0.3, -0.25) is 14.9 Å². The summed E-state index contributed by atoms with van der Waals surface area (Å²) < 4.78 is 16.6. The molecule has 2 aromatic rings. The summed E-state index contributed by atoms with van der Waals surface area (Å²) in [5.74, 6) is -1.90. The lowest BCUT2D eigenvalue weighted by Crippen LogP contribution is -2.54. The van der Waals surface area contributed by atoms with Crippen LogP contribution in [-0.2, 0) is 19.1 Å². The van der Waals surface area contributed by atoms with Gasteiger partial charge >= 0.3 is 12.0 Å². The number of hydrogen-bond acceptors (Lipinski definition) is 7. The summed E-state index contributed by atoms with van der Waals surface area (Å²) in [7, 11) is 0. The summed E-state index contributed by atoms with van der Waals surface area (Å²) in [6.45, 7) is 3.51. The molecule has 0 atom stereocenters. The van der Waals surface area contributed by atoms with Crippen LogP contribution in [0.4, 0.5) is 10.5 Å². The second kappa shape index (κ2) is 11.2. The maximum Gasteiger partial charge on any atom is 0.344 e. The van der Waals surface area contributed by atoms with Crippen LogP contribution < -0.4 is 19.7 Å². The number of benzene rings is 2. The number of rotatable bonds is 8. The third-order valence-corrected chi connectivity index (χ3v) is 5.28. The molecule has 1 saturated heterocycles. The van der Waals surface area contributed by atoms with E-state index in [-0.39, 0.29) is 41.9 Å². The van der Waals surface area contributed by atoms with E-state index in [1.165, 1.54) is 18.2 Å². The highest BCUT2D eigenvalue weighted by Gasteiger charge is 2.36. The molecule has 0 aliphatic carbocycles. The number of halogens is 2. The second-order valence-electron chi connectivity index (χ2n) is 6.79. The van der Waals surface area contributed by atoms with Gasteiger partial charge in [-0.05, 0) is 61.9 Å². The van der Waals surface area contributed by atoms with Gasteiger partial charge in [-0.25, -0.2) is 14.5 Å². The van der Waals surface area contributed by atoms with Gasteiger partial charge in [0.05, 0.1) is 23.9 Å². The lowest BCUT2D eigenvalue weighted by molar-refractivity contribution is -0.145. The molecule has 1 heterocycles. The monoisotopic (exact) mass is 550 g/mol. The van der Waals surface area contributed by atoms with E-state index in [0.29, 0.717) is 11.3 Å². The van der Waals surface area contributed by atoms with Crippen LogP contribution in [0.5, 0.6) is 11.5 Å². The summed E-state index contributed by atoms with van der Waals surface area (Å²) in [5, 5.41) is 2.25. The fraction of sp³-hybridized carbons (Fsp3) is 0.217. The van der Waals surface area contributed by atoms with E-state index in [0.717, 1.165) is 9.37 Å². The first kappa shape index (κ1) is 25.3. The maximum absolute atomic E-state index is 13.1.